The highest BCUT2D eigenvalue weighted by molar-refractivity contribution is 8.15. The molecule has 2 amide bonds. The highest BCUT2D eigenvalue weighted by Crippen LogP contribution is 2.29. The number of ether oxygens (including phenoxy) is 1. The van der Waals surface area contributed by atoms with Crippen LogP contribution in [0.2, 0.25) is 0 Å². The first-order valence-electron chi connectivity index (χ1n) is 14.2. The van der Waals surface area contributed by atoms with Gasteiger partial charge in [0.2, 0.25) is 5.91 Å². The lowest BCUT2D eigenvalue weighted by Gasteiger charge is -2.40. The van der Waals surface area contributed by atoms with Crippen LogP contribution in [0.4, 0.5) is 0 Å². The minimum absolute atomic E-state index is 0.0882. The smallest absolute Gasteiger partial charge is 0.312 e. The van der Waals surface area contributed by atoms with E-state index in [4.69, 9.17) is 4.74 Å². The van der Waals surface area contributed by atoms with Crippen LogP contribution >= 0.6 is 11.8 Å². The van der Waals surface area contributed by atoms with E-state index in [1.165, 1.54) is 76.4 Å². The zero-order valence-corrected chi connectivity index (χ0v) is 23.5. The molecule has 3 aliphatic rings. The maximum absolute atomic E-state index is 13.9. The van der Waals surface area contributed by atoms with Crippen LogP contribution in [-0.2, 0) is 19.1 Å². The molecule has 0 spiro atoms. The Morgan fingerprint density at radius 3 is 2.38 bits per heavy atom. The predicted molar refractivity (Wildman–Crippen MR) is 149 cm³/mol. The Balaban J connectivity index is 1.70. The van der Waals surface area contributed by atoms with Gasteiger partial charge in [0.25, 0.3) is 5.91 Å². The molecule has 0 aromatic carbocycles. The molecule has 0 aromatic heterocycles. The molecule has 0 radical (unpaired) electrons. The molecule has 0 bridgehead atoms. The van der Waals surface area contributed by atoms with Crippen molar-refractivity contribution in [1.82, 2.24) is 15.5 Å². The van der Waals surface area contributed by atoms with Crippen molar-refractivity contribution >= 4 is 34.6 Å². The Morgan fingerprint density at radius 1 is 1.08 bits per heavy atom. The highest BCUT2D eigenvalue weighted by atomic mass is 32.2. The van der Waals surface area contributed by atoms with Crippen molar-refractivity contribution in [1.29, 1.82) is 0 Å². The summed E-state index contributed by atoms with van der Waals surface area (Å²) in [6.07, 6.45) is 14.8. The van der Waals surface area contributed by atoms with E-state index < -0.39 is 17.9 Å². The van der Waals surface area contributed by atoms with Crippen molar-refractivity contribution in [2.75, 3.05) is 26.0 Å². The first-order chi connectivity index (χ1) is 18.0. The van der Waals surface area contributed by atoms with Gasteiger partial charge in [-0.3, -0.25) is 14.4 Å². The zero-order valence-electron chi connectivity index (χ0n) is 22.7. The van der Waals surface area contributed by atoms with Gasteiger partial charge in [-0.05, 0) is 37.4 Å². The van der Waals surface area contributed by atoms with Gasteiger partial charge >= 0.3 is 5.97 Å². The summed E-state index contributed by atoms with van der Waals surface area (Å²) >= 11 is 1.33. The quantitative estimate of drug-likeness (QED) is 0.263. The van der Waals surface area contributed by atoms with Crippen molar-refractivity contribution in [2.45, 2.75) is 102 Å². The van der Waals surface area contributed by atoms with Crippen LogP contribution in [0.3, 0.4) is 0 Å². The van der Waals surface area contributed by atoms with Gasteiger partial charge in [0.15, 0.2) is 5.04 Å². The zero-order chi connectivity index (χ0) is 26.6. The summed E-state index contributed by atoms with van der Waals surface area (Å²) in [6, 6.07) is -0.249. The number of likely N-dealkylation sites (tertiary alicyclic amines) is 1. The van der Waals surface area contributed by atoms with E-state index in [0.717, 1.165) is 19.3 Å². The molecule has 2 saturated carbocycles. The monoisotopic (exact) mass is 534 g/mol. The molecule has 1 aliphatic heterocycles. The molecule has 37 heavy (non-hydrogen) atoms. The number of piperidine rings is 1. The maximum Gasteiger partial charge on any atom is 0.312 e. The highest BCUT2D eigenvalue weighted by Gasteiger charge is 2.40. The van der Waals surface area contributed by atoms with Crippen molar-refractivity contribution in [3.63, 3.8) is 0 Å². The van der Waals surface area contributed by atoms with Crippen LogP contribution in [0.15, 0.2) is 17.8 Å². The van der Waals surface area contributed by atoms with E-state index in [1.54, 1.807) is 0 Å². The topological polar surface area (TPSA) is 100 Å². The Labute approximate surface area is 226 Å². The molecule has 0 unspecified atom stereocenters. The number of hydrogen-bond donors (Lipinski definition) is 2. The fourth-order valence-corrected chi connectivity index (χ4v) is 6.71. The molecule has 3 atom stereocenters. The van der Waals surface area contributed by atoms with Gasteiger partial charge in [0.1, 0.15) is 0 Å². The molecule has 1 heterocycles. The van der Waals surface area contributed by atoms with Crippen LogP contribution in [0.1, 0.15) is 84.0 Å². The summed E-state index contributed by atoms with van der Waals surface area (Å²) in [5.41, 5.74) is 0. The van der Waals surface area contributed by atoms with Crippen LogP contribution in [0.25, 0.3) is 0 Å². The summed E-state index contributed by atoms with van der Waals surface area (Å²) in [7, 11) is 1.36. The number of thioether (sulfide) groups is 1. The number of nitrogens with zero attached hydrogens (tertiary/aromatic N) is 2. The molecule has 3 fully saturated rings. The predicted octanol–water partition coefficient (Wildman–Crippen LogP) is 4.05. The van der Waals surface area contributed by atoms with E-state index in [2.05, 4.69) is 22.2 Å². The first kappa shape index (κ1) is 29.7. The van der Waals surface area contributed by atoms with E-state index in [-0.39, 0.29) is 24.4 Å². The molecule has 1 saturated heterocycles. The number of methoxy groups -OCH3 is 1. The minimum Gasteiger partial charge on any atom is -0.469 e. The maximum atomic E-state index is 13.9. The SMILES string of the molecule is C=C/N=C(\SCC)C(=O)N[C@@H]1CCN(C(=O)[C@@H](CC2CCCCC2)NC2CCCCC2)C[C@@H]1C(=O)OC. The molecular formula is C28H46N4O4S. The van der Waals surface area contributed by atoms with Crippen molar-refractivity contribution < 1.29 is 19.1 Å². The fraction of sp³-hybridized carbons (Fsp3) is 0.786. The minimum atomic E-state index is -0.617. The average Bonchev–Trinajstić information content (AvgIpc) is 2.93. The fourth-order valence-electron chi connectivity index (χ4n) is 6.10. The number of carbonyl (C=O) groups is 3. The molecule has 2 N–H and O–H groups in total. The van der Waals surface area contributed by atoms with Gasteiger partial charge in [-0.15, -0.1) is 11.8 Å². The normalized spacial score (nSPS) is 24.8. The third kappa shape index (κ3) is 8.84. The second kappa shape index (κ2) is 15.5. The number of nitrogens with one attached hydrogen (secondary N) is 2. The Kier molecular flexibility index (Phi) is 12.5. The van der Waals surface area contributed by atoms with Gasteiger partial charge in [-0.25, -0.2) is 4.99 Å². The lowest BCUT2D eigenvalue weighted by atomic mass is 9.83. The standard InChI is InChI=1S/C28H46N4O4S/c1-4-29-26(37-5-2)25(33)31-23-16-17-32(19-22(23)28(35)36-3)27(34)24(18-20-12-8-6-9-13-20)30-21-14-10-7-11-15-21/h4,20-24,30H,1,5-19H2,2-3H3,(H,31,33)/b29-26-/t22-,23+,24+/m0/s1. The number of hydrogen-bond acceptors (Lipinski definition) is 7. The second-order valence-electron chi connectivity index (χ2n) is 10.6. The molecule has 3 rings (SSSR count). The van der Waals surface area contributed by atoms with E-state index in [0.29, 0.717) is 35.7 Å². The second-order valence-corrected chi connectivity index (χ2v) is 11.9. The Morgan fingerprint density at radius 2 is 1.76 bits per heavy atom. The summed E-state index contributed by atoms with van der Waals surface area (Å²) in [5, 5.41) is 7.04. The molecule has 0 aromatic rings. The summed E-state index contributed by atoms with van der Waals surface area (Å²) in [5.74, 6) is 0.0186. The lowest BCUT2D eigenvalue weighted by molar-refractivity contribution is -0.151. The van der Waals surface area contributed by atoms with Crippen LogP contribution < -0.4 is 10.6 Å². The molecule has 208 valence electrons. The van der Waals surface area contributed by atoms with Crippen LogP contribution in [-0.4, -0.2) is 71.8 Å². The summed E-state index contributed by atoms with van der Waals surface area (Å²) in [6.45, 7) is 6.29. The average molecular weight is 535 g/mol. The molecule has 9 heteroatoms. The van der Waals surface area contributed by atoms with Crippen molar-refractivity contribution in [3.05, 3.63) is 12.8 Å². The van der Waals surface area contributed by atoms with Gasteiger partial charge in [0.05, 0.1) is 19.1 Å². The van der Waals surface area contributed by atoms with Gasteiger partial charge in [-0.1, -0.05) is 64.9 Å². The number of esters is 1. The first-order valence-corrected chi connectivity index (χ1v) is 15.2. The number of carbonyl (C=O) groups excluding carboxylic acids is 3. The Bertz CT molecular complexity index is 788. The van der Waals surface area contributed by atoms with E-state index in [9.17, 15) is 14.4 Å². The molecular weight excluding hydrogens is 488 g/mol. The largest absolute Gasteiger partial charge is 0.469 e. The van der Waals surface area contributed by atoms with Crippen LogP contribution in [0.5, 0.6) is 0 Å². The Hall–Kier alpha value is -1.87. The van der Waals surface area contributed by atoms with E-state index >= 15 is 0 Å². The summed E-state index contributed by atoms with van der Waals surface area (Å²) in [4.78, 5) is 45.4. The van der Waals surface area contributed by atoms with Crippen molar-refractivity contribution in [2.24, 2.45) is 16.8 Å². The lowest BCUT2D eigenvalue weighted by Crippen LogP contribution is -2.59. The van der Waals surface area contributed by atoms with Gasteiger partial charge < -0.3 is 20.3 Å². The third-order valence-electron chi connectivity index (χ3n) is 8.06. The van der Waals surface area contributed by atoms with E-state index in [1.807, 2.05) is 11.8 Å². The van der Waals surface area contributed by atoms with Gasteiger partial charge in [-0.2, -0.15) is 0 Å². The molecule has 8 nitrogen and oxygen atoms in total. The molecule has 2 aliphatic carbocycles. The number of rotatable bonds is 9. The summed E-state index contributed by atoms with van der Waals surface area (Å²) < 4.78 is 5.09. The third-order valence-corrected chi connectivity index (χ3v) is 8.92. The number of amides is 2. The van der Waals surface area contributed by atoms with Gasteiger partial charge in [0, 0.05) is 31.4 Å². The van der Waals surface area contributed by atoms with Crippen LogP contribution in [0, 0.1) is 11.8 Å². The number of aliphatic imine (C=N–C) groups is 1. The van der Waals surface area contributed by atoms with Crippen molar-refractivity contribution in [3.8, 4) is 0 Å².